The highest BCUT2D eigenvalue weighted by atomic mass is 19.1. The van der Waals surface area contributed by atoms with Gasteiger partial charge in [0.15, 0.2) is 0 Å². The van der Waals surface area contributed by atoms with Crippen LogP contribution in [-0.2, 0) is 6.42 Å². The van der Waals surface area contributed by atoms with Crippen LogP contribution in [0.3, 0.4) is 0 Å². The van der Waals surface area contributed by atoms with Gasteiger partial charge in [0.25, 0.3) is 0 Å². The molecule has 3 nitrogen and oxygen atoms in total. The molecule has 0 spiro atoms. The Balaban J connectivity index is 1.81. The fourth-order valence-corrected chi connectivity index (χ4v) is 3.02. The fraction of sp³-hybridized carbons (Fsp3) is 0.368. The summed E-state index contributed by atoms with van der Waals surface area (Å²) in [7, 11) is 0. The van der Waals surface area contributed by atoms with E-state index in [-0.39, 0.29) is 17.7 Å². The molecule has 1 atom stereocenters. The summed E-state index contributed by atoms with van der Waals surface area (Å²) in [6.07, 6.45) is 0.742. The number of benzene rings is 2. The first-order valence-corrected chi connectivity index (χ1v) is 8.00. The first-order chi connectivity index (χ1) is 11.0. The molecule has 0 aliphatic carbocycles. The number of hydrogen-bond donors (Lipinski definition) is 1. The van der Waals surface area contributed by atoms with E-state index in [9.17, 15) is 9.50 Å². The highest BCUT2D eigenvalue weighted by Crippen LogP contribution is 2.37. The first-order valence-electron chi connectivity index (χ1n) is 8.00. The lowest BCUT2D eigenvalue weighted by Crippen LogP contribution is -2.42. The van der Waals surface area contributed by atoms with Gasteiger partial charge in [-0.3, -0.25) is 0 Å². The lowest BCUT2D eigenvalue weighted by molar-refractivity contribution is 0.192. The fourth-order valence-electron chi connectivity index (χ4n) is 3.02. The average molecular weight is 315 g/mol. The van der Waals surface area contributed by atoms with Gasteiger partial charge in [-0.25, -0.2) is 4.39 Å². The second kappa shape index (κ2) is 6.49. The maximum Gasteiger partial charge on any atom is 0.143 e. The number of halogens is 1. The maximum absolute atomic E-state index is 13.0. The van der Waals surface area contributed by atoms with E-state index in [4.69, 9.17) is 4.74 Å². The van der Waals surface area contributed by atoms with E-state index in [1.807, 2.05) is 6.07 Å². The minimum absolute atomic E-state index is 0.0104. The number of anilines is 1. The molecule has 1 N–H and O–H groups in total. The van der Waals surface area contributed by atoms with Crippen LogP contribution in [0.2, 0.25) is 0 Å². The van der Waals surface area contributed by atoms with Gasteiger partial charge in [0.2, 0.25) is 0 Å². The quantitative estimate of drug-likeness (QED) is 0.926. The average Bonchev–Trinajstić information content (AvgIpc) is 2.50. The van der Waals surface area contributed by atoms with Crippen molar-refractivity contribution >= 4 is 5.69 Å². The molecule has 1 heterocycles. The Hall–Kier alpha value is -2.23. The third-order valence-electron chi connectivity index (χ3n) is 3.96. The second-order valence-electron chi connectivity index (χ2n) is 6.52. The molecule has 3 rings (SSSR count). The minimum atomic E-state index is -0.222. The Morgan fingerprint density at radius 2 is 1.96 bits per heavy atom. The highest BCUT2D eigenvalue weighted by molar-refractivity contribution is 5.63. The Morgan fingerprint density at radius 3 is 2.65 bits per heavy atom. The van der Waals surface area contributed by atoms with Crippen LogP contribution in [0.4, 0.5) is 10.1 Å². The second-order valence-corrected chi connectivity index (χ2v) is 6.52. The van der Waals surface area contributed by atoms with E-state index in [0.717, 1.165) is 36.5 Å². The van der Waals surface area contributed by atoms with Crippen molar-refractivity contribution in [3.8, 4) is 11.5 Å². The van der Waals surface area contributed by atoms with Crippen LogP contribution in [0.15, 0.2) is 42.5 Å². The summed E-state index contributed by atoms with van der Waals surface area (Å²) >= 11 is 0. The van der Waals surface area contributed by atoms with E-state index in [1.165, 1.54) is 12.1 Å². The number of phenols is 1. The van der Waals surface area contributed by atoms with Gasteiger partial charge >= 0.3 is 0 Å². The summed E-state index contributed by atoms with van der Waals surface area (Å²) in [6.45, 7) is 6.01. The van der Waals surface area contributed by atoms with Crippen molar-refractivity contribution < 1.29 is 14.2 Å². The lowest BCUT2D eigenvalue weighted by atomic mass is 10.0. The molecular formula is C19H22FNO2. The molecule has 0 aromatic heterocycles. The molecular weight excluding hydrogens is 293 g/mol. The van der Waals surface area contributed by atoms with Gasteiger partial charge in [0.05, 0.1) is 12.2 Å². The molecule has 0 radical (unpaired) electrons. The molecule has 0 saturated carbocycles. The summed E-state index contributed by atoms with van der Waals surface area (Å²) in [4.78, 5) is 2.26. The summed E-state index contributed by atoms with van der Waals surface area (Å²) < 4.78 is 19.1. The van der Waals surface area contributed by atoms with Crippen molar-refractivity contribution in [3.05, 3.63) is 53.8 Å². The van der Waals surface area contributed by atoms with Crippen LogP contribution >= 0.6 is 0 Å². The SMILES string of the molecule is CC(C)CN1CC(Cc2ccc(F)cc2)Oc2ccc(O)cc21. The standard InChI is InChI=1S/C19H22FNO2/c1-13(2)11-21-12-17(9-14-3-5-15(20)6-4-14)23-19-8-7-16(22)10-18(19)21/h3-8,10,13,17,22H,9,11-12H2,1-2H3. The maximum atomic E-state index is 13.0. The van der Waals surface area contributed by atoms with E-state index < -0.39 is 0 Å². The number of ether oxygens (including phenoxy) is 1. The molecule has 1 aliphatic heterocycles. The number of rotatable bonds is 4. The molecule has 1 unspecified atom stereocenters. The van der Waals surface area contributed by atoms with Gasteiger partial charge in [0, 0.05) is 19.0 Å². The van der Waals surface area contributed by atoms with Gasteiger partial charge in [-0.2, -0.15) is 0 Å². The van der Waals surface area contributed by atoms with Gasteiger partial charge in [-0.15, -0.1) is 0 Å². The molecule has 0 saturated heterocycles. The van der Waals surface area contributed by atoms with Crippen LogP contribution in [0.5, 0.6) is 11.5 Å². The monoisotopic (exact) mass is 315 g/mol. The Labute approximate surface area is 136 Å². The van der Waals surface area contributed by atoms with Crippen LogP contribution in [-0.4, -0.2) is 24.3 Å². The molecule has 2 aromatic carbocycles. The van der Waals surface area contributed by atoms with Gasteiger partial charge in [-0.1, -0.05) is 26.0 Å². The van der Waals surface area contributed by atoms with Crippen molar-refractivity contribution in [2.75, 3.05) is 18.0 Å². The summed E-state index contributed by atoms with van der Waals surface area (Å²) in [5.74, 6) is 1.33. The third kappa shape index (κ3) is 3.76. The van der Waals surface area contributed by atoms with E-state index in [0.29, 0.717) is 5.92 Å². The third-order valence-corrected chi connectivity index (χ3v) is 3.96. The van der Waals surface area contributed by atoms with Crippen LogP contribution in [0, 0.1) is 11.7 Å². The Bertz CT molecular complexity index is 670. The van der Waals surface area contributed by atoms with Crippen LogP contribution in [0.1, 0.15) is 19.4 Å². The Morgan fingerprint density at radius 1 is 1.22 bits per heavy atom. The zero-order chi connectivity index (χ0) is 16.4. The van der Waals surface area contributed by atoms with Crippen LogP contribution in [0.25, 0.3) is 0 Å². The zero-order valence-corrected chi connectivity index (χ0v) is 13.5. The van der Waals surface area contributed by atoms with Crippen molar-refractivity contribution in [2.24, 2.45) is 5.92 Å². The largest absolute Gasteiger partial charge is 0.508 e. The summed E-state index contributed by atoms with van der Waals surface area (Å²) in [5, 5.41) is 9.75. The minimum Gasteiger partial charge on any atom is -0.508 e. The highest BCUT2D eigenvalue weighted by Gasteiger charge is 2.26. The van der Waals surface area contributed by atoms with E-state index in [2.05, 4.69) is 18.7 Å². The van der Waals surface area contributed by atoms with Crippen LogP contribution < -0.4 is 9.64 Å². The number of fused-ring (bicyclic) bond motifs is 1. The first kappa shape index (κ1) is 15.7. The lowest BCUT2D eigenvalue weighted by Gasteiger charge is -2.37. The van der Waals surface area contributed by atoms with Crippen molar-refractivity contribution in [2.45, 2.75) is 26.4 Å². The van der Waals surface area contributed by atoms with Gasteiger partial charge < -0.3 is 14.7 Å². The van der Waals surface area contributed by atoms with Gasteiger partial charge in [0.1, 0.15) is 23.4 Å². The number of hydrogen-bond acceptors (Lipinski definition) is 3. The number of aromatic hydroxyl groups is 1. The predicted molar refractivity (Wildman–Crippen MR) is 89.7 cm³/mol. The molecule has 122 valence electrons. The molecule has 0 bridgehead atoms. The van der Waals surface area contributed by atoms with E-state index >= 15 is 0 Å². The molecule has 0 fully saturated rings. The number of nitrogens with zero attached hydrogens (tertiary/aromatic N) is 1. The summed E-state index contributed by atoms with van der Waals surface area (Å²) in [6, 6.07) is 11.8. The van der Waals surface area contributed by atoms with Crippen molar-refractivity contribution in [1.29, 1.82) is 0 Å². The van der Waals surface area contributed by atoms with E-state index in [1.54, 1.807) is 24.3 Å². The predicted octanol–water partition coefficient (Wildman–Crippen LogP) is 4.00. The molecule has 4 heteroatoms. The van der Waals surface area contributed by atoms with Crippen molar-refractivity contribution in [1.82, 2.24) is 0 Å². The molecule has 1 aliphatic rings. The zero-order valence-electron chi connectivity index (χ0n) is 13.5. The molecule has 2 aromatic rings. The number of phenolic OH excluding ortho intramolecular Hbond substituents is 1. The molecule has 0 amide bonds. The van der Waals surface area contributed by atoms with Gasteiger partial charge in [-0.05, 0) is 35.7 Å². The summed E-state index contributed by atoms with van der Waals surface area (Å²) in [5.41, 5.74) is 2.00. The normalized spacial score (nSPS) is 17.0. The van der Waals surface area contributed by atoms with Crippen molar-refractivity contribution in [3.63, 3.8) is 0 Å². The smallest absolute Gasteiger partial charge is 0.143 e. The topological polar surface area (TPSA) is 32.7 Å². The Kier molecular flexibility index (Phi) is 4.42. The molecule has 23 heavy (non-hydrogen) atoms.